The highest BCUT2D eigenvalue weighted by Crippen LogP contribution is 2.27. The Bertz CT molecular complexity index is 753. The van der Waals surface area contributed by atoms with Crippen LogP contribution in [0.4, 0.5) is 0 Å². The Kier molecular flexibility index (Phi) is 6.91. The predicted molar refractivity (Wildman–Crippen MR) is 108 cm³/mol. The monoisotopic (exact) mass is 372 g/mol. The van der Waals surface area contributed by atoms with Crippen LogP contribution >= 0.6 is 0 Å². The van der Waals surface area contributed by atoms with E-state index in [0.29, 0.717) is 25.0 Å². The van der Waals surface area contributed by atoms with Crippen LogP contribution in [-0.4, -0.2) is 42.6 Å². The Morgan fingerprint density at radius 2 is 2.15 bits per heavy atom. The van der Waals surface area contributed by atoms with Crippen LogP contribution in [0, 0.1) is 0 Å². The number of piperidine rings is 1. The molecule has 27 heavy (non-hydrogen) atoms. The summed E-state index contributed by atoms with van der Waals surface area (Å²) in [5, 5.41) is 4.00. The molecular formula is C22H32N2O3. The van der Waals surface area contributed by atoms with Crippen LogP contribution in [0.1, 0.15) is 62.6 Å². The summed E-state index contributed by atoms with van der Waals surface area (Å²) in [6.07, 6.45) is 5.11. The van der Waals surface area contributed by atoms with Gasteiger partial charge in [-0.05, 0) is 45.7 Å². The molecule has 1 aromatic carbocycles. The third-order valence-corrected chi connectivity index (χ3v) is 5.37. The molecule has 148 valence electrons. The van der Waals surface area contributed by atoms with Gasteiger partial charge in [-0.15, -0.1) is 0 Å². The minimum Gasteiger partial charge on any atom is -0.451 e. The van der Waals surface area contributed by atoms with Crippen molar-refractivity contribution < 1.29 is 13.9 Å². The van der Waals surface area contributed by atoms with E-state index in [1.807, 2.05) is 38.1 Å². The molecule has 0 aliphatic carbocycles. The maximum atomic E-state index is 12.8. The van der Waals surface area contributed by atoms with Crippen molar-refractivity contribution in [2.45, 2.75) is 65.2 Å². The van der Waals surface area contributed by atoms with E-state index in [9.17, 15) is 4.79 Å². The summed E-state index contributed by atoms with van der Waals surface area (Å²) >= 11 is 0. The maximum Gasteiger partial charge on any atom is 0.287 e. The van der Waals surface area contributed by atoms with Gasteiger partial charge in [0.05, 0.1) is 12.7 Å². The largest absolute Gasteiger partial charge is 0.451 e. The van der Waals surface area contributed by atoms with Gasteiger partial charge in [0.1, 0.15) is 5.58 Å². The van der Waals surface area contributed by atoms with Crippen LogP contribution in [0.15, 0.2) is 28.7 Å². The van der Waals surface area contributed by atoms with Gasteiger partial charge in [-0.3, -0.25) is 9.69 Å². The summed E-state index contributed by atoms with van der Waals surface area (Å²) in [6.45, 7) is 9.26. The number of hydrogen-bond acceptors (Lipinski definition) is 4. The van der Waals surface area contributed by atoms with Crippen LogP contribution in [0.3, 0.4) is 0 Å². The first-order valence-corrected chi connectivity index (χ1v) is 10.2. The number of ether oxygens (including phenoxy) is 1. The fourth-order valence-corrected chi connectivity index (χ4v) is 3.89. The van der Waals surface area contributed by atoms with E-state index in [1.54, 1.807) is 0 Å². The first-order chi connectivity index (χ1) is 13.1. The van der Waals surface area contributed by atoms with Gasteiger partial charge in [0.15, 0.2) is 5.76 Å². The first kappa shape index (κ1) is 19.9. The Morgan fingerprint density at radius 3 is 2.93 bits per heavy atom. The average Bonchev–Trinajstić information content (AvgIpc) is 3.05. The first-order valence-electron chi connectivity index (χ1n) is 10.2. The lowest BCUT2D eigenvalue weighted by Crippen LogP contribution is -2.43. The maximum absolute atomic E-state index is 12.8. The van der Waals surface area contributed by atoms with Gasteiger partial charge in [-0.25, -0.2) is 0 Å². The van der Waals surface area contributed by atoms with Crippen molar-refractivity contribution in [2.24, 2.45) is 0 Å². The van der Waals surface area contributed by atoms with E-state index in [4.69, 9.17) is 9.15 Å². The van der Waals surface area contributed by atoms with Gasteiger partial charge in [-0.2, -0.15) is 0 Å². The molecule has 1 saturated heterocycles. The van der Waals surface area contributed by atoms with Gasteiger partial charge in [0, 0.05) is 30.1 Å². The second-order valence-corrected chi connectivity index (χ2v) is 7.62. The molecule has 1 aliphatic heterocycles. The van der Waals surface area contributed by atoms with Gasteiger partial charge in [0.2, 0.25) is 0 Å². The molecule has 0 bridgehead atoms. The van der Waals surface area contributed by atoms with Crippen LogP contribution in [0.2, 0.25) is 0 Å². The number of nitrogens with zero attached hydrogens (tertiary/aromatic N) is 1. The molecule has 1 atom stereocenters. The quantitative estimate of drug-likeness (QED) is 0.748. The molecule has 1 aliphatic rings. The lowest BCUT2D eigenvalue weighted by molar-refractivity contribution is 0.0643. The normalized spacial score (nSPS) is 18.3. The summed E-state index contributed by atoms with van der Waals surface area (Å²) in [4.78, 5) is 15.3. The van der Waals surface area contributed by atoms with Crippen LogP contribution in [-0.2, 0) is 11.3 Å². The zero-order chi connectivity index (χ0) is 19.2. The summed E-state index contributed by atoms with van der Waals surface area (Å²) < 4.78 is 11.6. The van der Waals surface area contributed by atoms with Crippen LogP contribution in [0.25, 0.3) is 11.0 Å². The number of hydrogen-bond donors (Lipinski definition) is 1. The molecule has 0 radical (unpaired) electrons. The van der Waals surface area contributed by atoms with Crippen molar-refractivity contribution >= 4 is 16.9 Å². The topological polar surface area (TPSA) is 54.7 Å². The zero-order valence-corrected chi connectivity index (χ0v) is 16.8. The fourth-order valence-electron chi connectivity index (χ4n) is 3.89. The molecule has 3 rings (SSSR count). The molecule has 1 unspecified atom stereocenters. The highest BCUT2D eigenvalue weighted by Gasteiger charge is 2.23. The fraction of sp³-hybridized carbons (Fsp3) is 0.591. The summed E-state index contributed by atoms with van der Waals surface area (Å²) in [5.74, 6) is 0.223. The number of rotatable bonds is 8. The highest BCUT2D eigenvalue weighted by atomic mass is 16.5. The molecule has 2 heterocycles. The Labute approximate surface area is 162 Å². The summed E-state index contributed by atoms with van der Waals surface area (Å²) in [7, 11) is 0. The number of furan rings is 1. The van der Waals surface area contributed by atoms with Gasteiger partial charge in [0.25, 0.3) is 5.91 Å². The second-order valence-electron chi connectivity index (χ2n) is 7.62. The number of amides is 1. The van der Waals surface area contributed by atoms with Crippen molar-refractivity contribution in [3.05, 3.63) is 35.6 Å². The molecule has 1 aromatic heterocycles. The highest BCUT2D eigenvalue weighted by molar-refractivity contribution is 5.99. The van der Waals surface area contributed by atoms with Crippen molar-refractivity contribution in [2.75, 3.05) is 19.6 Å². The van der Waals surface area contributed by atoms with Crippen LogP contribution in [0.5, 0.6) is 0 Å². The SMILES string of the molecule is CCC1CCCCN1CCNC(=O)c1oc2ccccc2c1COC(C)C. The van der Waals surface area contributed by atoms with Gasteiger partial charge < -0.3 is 14.5 Å². The third kappa shape index (κ3) is 4.90. The average molecular weight is 373 g/mol. The number of nitrogens with one attached hydrogen (secondary N) is 1. The van der Waals surface area contributed by atoms with Gasteiger partial charge >= 0.3 is 0 Å². The number of carbonyl (C=O) groups excluding carboxylic acids is 1. The van der Waals surface area contributed by atoms with E-state index in [-0.39, 0.29) is 12.0 Å². The lowest BCUT2D eigenvalue weighted by atomic mass is 10.0. The van der Waals surface area contributed by atoms with E-state index >= 15 is 0 Å². The van der Waals surface area contributed by atoms with E-state index < -0.39 is 0 Å². The molecule has 5 nitrogen and oxygen atoms in total. The molecular weight excluding hydrogens is 340 g/mol. The Morgan fingerprint density at radius 1 is 1.33 bits per heavy atom. The number of fused-ring (bicyclic) bond motifs is 1. The molecule has 1 amide bonds. The van der Waals surface area contributed by atoms with Crippen molar-refractivity contribution in [3.8, 4) is 0 Å². The van der Waals surface area contributed by atoms with Crippen LogP contribution < -0.4 is 5.32 Å². The molecule has 1 fully saturated rings. The predicted octanol–water partition coefficient (Wildman–Crippen LogP) is 4.35. The van der Waals surface area contributed by atoms with Crippen molar-refractivity contribution in [1.29, 1.82) is 0 Å². The molecule has 0 saturated carbocycles. The lowest BCUT2D eigenvalue weighted by Gasteiger charge is -2.35. The number of para-hydroxylation sites is 1. The molecule has 0 spiro atoms. The summed E-state index contributed by atoms with van der Waals surface area (Å²) in [6, 6.07) is 8.40. The second kappa shape index (κ2) is 9.38. The van der Waals surface area contributed by atoms with E-state index in [2.05, 4.69) is 17.1 Å². The molecule has 5 heteroatoms. The minimum absolute atomic E-state index is 0.0969. The standard InChI is InChI=1S/C22H32N2O3/c1-4-17-9-7-8-13-24(17)14-12-23-22(25)21-19(15-26-16(2)3)18-10-5-6-11-20(18)27-21/h5-6,10-11,16-17H,4,7-9,12-15H2,1-3H3,(H,23,25). The Hall–Kier alpha value is -1.85. The molecule has 2 aromatic rings. The van der Waals surface area contributed by atoms with Crippen molar-refractivity contribution in [3.63, 3.8) is 0 Å². The number of carbonyl (C=O) groups is 1. The summed E-state index contributed by atoms with van der Waals surface area (Å²) in [5.41, 5.74) is 1.56. The smallest absolute Gasteiger partial charge is 0.287 e. The number of likely N-dealkylation sites (tertiary alicyclic amines) is 1. The number of benzene rings is 1. The minimum atomic E-state index is -0.154. The molecule has 1 N–H and O–H groups in total. The zero-order valence-electron chi connectivity index (χ0n) is 16.8. The van der Waals surface area contributed by atoms with E-state index in [1.165, 1.54) is 25.7 Å². The Balaban J connectivity index is 1.66. The van der Waals surface area contributed by atoms with Gasteiger partial charge in [-0.1, -0.05) is 31.5 Å². The van der Waals surface area contributed by atoms with Crippen molar-refractivity contribution in [1.82, 2.24) is 10.2 Å². The third-order valence-electron chi connectivity index (χ3n) is 5.37. The van der Waals surface area contributed by atoms with E-state index in [0.717, 1.165) is 29.6 Å².